The number of rotatable bonds is 5. The van der Waals surface area contributed by atoms with Gasteiger partial charge >= 0.3 is 0 Å². The van der Waals surface area contributed by atoms with Gasteiger partial charge in [-0.15, -0.1) is 0 Å². The average molecular weight is 396 g/mol. The second-order valence-electron chi connectivity index (χ2n) is 5.57. The molecular weight excluding hydrogens is 378 g/mol. The molecule has 1 fully saturated rings. The second kappa shape index (κ2) is 8.43. The van der Waals surface area contributed by atoms with Crippen molar-refractivity contribution in [3.8, 4) is 0 Å². The van der Waals surface area contributed by atoms with Gasteiger partial charge in [-0.25, -0.2) is 4.98 Å². The van der Waals surface area contributed by atoms with E-state index in [1.54, 1.807) is 12.1 Å². The van der Waals surface area contributed by atoms with Crippen LogP contribution in [0.1, 0.15) is 0 Å². The molecule has 0 unspecified atom stereocenters. The number of ether oxygens (including phenoxy) is 1. The van der Waals surface area contributed by atoms with Gasteiger partial charge in [-0.1, -0.05) is 23.4 Å². The summed E-state index contributed by atoms with van der Waals surface area (Å²) >= 11 is 7.18. The number of amides is 1. The van der Waals surface area contributed by atoms with Crippen LogP contribution < -0.4 is 21.5 Å². The van der Waals surface area contributed by atoms with E-state index in [0.717, 1.165) is 30.5 Å². The lowest BCUT2D eigenvalue weighted by Crippen LogP contribution is -2.36. The van der Waals surface area contributed by atoms with Gasteiger partial charge < -0.3 is 25.7 Å². The van der Waals surface area contributed by atoms with Crippen LogP contribution >= 0.6 is 23.4 Å². The number of nitrogens with zero attached hydrogens (tertiary/aromatic N) is 2. The van der Waals surface area contributed by atoms with Crippen LogP contribution in [0.4, 0.5) is 17.2 Å². The third kappa shape index (κ3) is 4.90. The molecule has 1 aromatic heterocycles. The zero-order valence-electron chi connectivity index (χ0n) is 13.8. The van der Waals surface area contributed by atoms with Crippen LogP contribution in [0.3, 0.4) is 0 Å². The minimum atomic E-state index is -0.357. The van der Waals surface area contributed by atoms with Crippen molar-refractivity contribution in [3.05, 3.63) is 39.6 Å². The molecule has 2 heterocycles. The Morgan fingerprint density at radius 2 is 2.15 bits per heavy atom. The molecule has 0 saturated carbocycles. The van der Waals surface area contributed by atoms with Crippen molar-refractivity contribution in [1.82, 2.24) is 9.97 Å². The fourth-order valence-electron chi connectivity index (χ4n) is 2.53. The first kappa shape index (κ1) is 18.6. The molecule has 26 heavy (non-hydrogen) atoms. The van der Waals surface area contributed by atoms with E-state index >= 15 is 0 Å². The van der Waals surface area contributed by atoms with Crippen molar-refractivity contribution >= 4 is 46.5 Å². The van der Waals surface area contributed by atoms with E-state index in [-0.39, 0.29) is 23.0 Å². The summed E-state index contributed by atoms with van der Waals surface area (Å²) in [7, 11) is 0. The van der Waals surface area contributed by atoms with E-state index in [4.69, 9.17) is 22.1 Å². The molecule has 0 radical (unpaired) electrons. The Kier molecular flexibility index (Phi) is 6.02. The summed E-state index contributed by atoms with van der Waals surface area (Å²) in [4.78, 5) is 32.4. The average Bonchev–Trinajstić information content (AvgIpc) is 2.60. The fourth-order valence-corrected chi connectivity index (χ4v) is 3.39. The molecule has 0 atom stereocenters. The third-order valence-electron chi connectivity index (χ3n) is 3.66. The summed E-state index contributed by atoms with van der Waals surface area (Å²) in [5, 5.41) is 3.70. The lowest BCUT2D eigenvalue weighted by molar-refractivity contribution is -0.113. The highest BCUT2D eigenvalue weighted by atomic mass is 35.5. The Balaban J connectivity index is 1.68. The van der Waals surface area contributed by atoms with Gasteiger partial charge in [0, 0.05) is 24.2 Å². The minimum absolute atomic E-state index is 0.0709. The number of nitrogens with one attached hydrogen (secondary N) is 2. The molecule has 4 N–H and O–H groups in total. The van der Waals surface area contributed by atoms with E-state index < -0.39 is 0 Å². The summed E-state index contributed by atoms with van der Waals surface area (Å²) in [6.07, 6.45) is 0. The molecule has 10 heteroatoms. The third-order valence-corrected chi connectivity index (χ3v) is 4.77. The highest BCUT2D eigenvalue weighted by Gasteiger charge is 2.17. The Bertz CT molecular complexity index is 854. The maximum Gasteiger partial charge on any atom is 0.253 e. The first-order chi connectivity index (χ1) is 12.5. The van der Waals surface area contributed by atoms with Gasteiger partial charge in [0.2, 0.25) is 5.91 Å². The van der Waals surface area contributed by atoms with Crippen molar-refractivity contribution in [2.24, 2.45) is 0 Å². The first-order valence-electron chi connectivity index (χ1n) is 7.93. The largest absolute Gasteiger partial charge is 0.383 e. The topological polar surface area (TPSA) is 113 Å². The number of hydrogen-bond donors (Lipinski definition) is 3. The number of aromatic amines is 1. The van der Waals surface area contributed by atoms with Crippen molar-refractivity contribution in [3.63, 3.8) is 0 Å². The number of nitrogen functional groups attached to an aromatic ring is 1. The summed E-state index contributed by atoms with van der Waals surface area (Å²) < 4.78 is 5.37. The van der Waals surface area contributed by atoms with Crippen LogP contribution in [0.5, 0.6) is 0 Å². The predicted octanol–water partition coefficient (Wildman–Crippen LogP) is 1.57. The molecule has 0 aliphatic carbocycles. The molecule has 1 amide bonds. The molecule has 8 nitrogen and oxygen atoms in total. The Labute approximate surface area is 159 Å². The van der Waals surface area contributed by atoms with Gasteiger partial charge in [0.25, 0.3) is 5.56 Å². The molecule has 1 aromatic carbocycles. The van der Waals surface area contributed by atoms with Crippen LogP contribution in [-0.2, 0) is 9.53 Å². The highest BCUT2D eigenvalue weighted by Crippen LogP contribution is 2.30. The number of carbonyl (C=O) groups excluding carboxylic acids is 1. The van der Waals surface area contributed by atoms with Gasteiger partial charge in [0.05, 0.1) is 30.3 Å². The number of nitrogens with two attached hydrogens (primary N) is 1. The zero-order chi connectivity index (χ0) is 18.5. The molecule has 3 rings (SSSR count). The van der Waals surface area contributed by atoms with E-state index in [1.165, 1.54) is 6.07 Å². The zero-order valence-corrected chi connectivity index (χ0v) is 15.4. The van der Waals surface area contributed by atoms with Crippen LogP contribution in [0.25, 0.3) is 0 Å². The van der Waals surface area contributed by atoms with Gasteiger partial charge in [0.1, 0.15) is 5.82 Å². The quantitative estimate of drug-likeness (QED) is 0.520. The SMILES string of the molecule is Nc1cc(=O)[nH]c(SCC(=O)Nc2cc(Cl)ccc2N2CCOCC2)n1. The van der Waals surface area contributed by atoms with Gasteiger partial charge in [-0.2, -0.15) is 0 Å². The number of hydrogen-bond acceptors (Lipinski definition) is 7. The fraction of sp³-hybridized carbons (Fsp3) is 0.312. The molecular formula is C16H18ClN5O3S. The van der Waals surface area contributed by atoms with Crippen LogP contribution in [0.2, 0.25) is 5.02 Å². The maximum absolute atomic E-state index is 12.3. The van der Waals surface area contributed by atoms with Crippen molar-refractivity contribution in [1.29, 1.82) is 0 Å². The van der Waals surface area contributed by atoms with Crippen molar-refractivity contribution in [2.45, 2.75) is 5.16 Å². The predicted molar refractivity (Wildman–Crippen MR) is 103 cm³/mol. The maximum atomic E-state index is 12.3. The summed E-state index contributed by atoms with van der Waals surface area (Å²) in [6.45, 7) is 2.77. The summed E-state index contributed by atoms with van der Waals surface area (Å²) in [5.41, 5.74) is 6.71. The number of anilines is 3. The minimum Gasteiger partial charge on any atom is -0.383 e. The number of aromatic nitrogens is 2. The van der Waals surface area contributed by atoms with E-state index in [2.05, 4.69) is 20.2 Å². The highest BCUT2D eigenvalue weighted by molar-refractivity contribution is 7.99. The second-order valence-corrected chi connectivity index (χ2v) is 6.97. The molecule has 1 saturated heterocycles. The molecule has 1 aliphatic heterocycles. The van der Waals surface area contributed by atoms with Crippen molar-refractivity contribution in [2.75, 3.05) is 48.0 Å². The number of benzene rings is 1. The van der Waals surface area contributed by atoms with Gasteiger partial charge in [0.15, 0.2) is 5.16 Å². The number of halogens is 1. The van der Waals surface area contributed by atoms with Crippen LogP contribution in [0.15, 0.2) is 34.2 Å². The van der Waals surface area contributed by atoms with E-state index in [1.807, 2.05) is 6.07 Å². The number of carbonyl (C=O) groups is 1. The van der Waals surface area contributed by atoms with Crippen LogP contribution in [-0.4, -0.2) is 47.9 Å². The lowest BCUT2D eigenvalue weighted by atomic mass is 10.2. The Hall–Kier alpha value is -2.23. The molecule has 138 valence electrons. The first-order valence-corrected chi connectivity index (χ1v) is 9.29. The van der Waals surface area contributed by atoms with E-state index in [9.17, 15) is 9.59 Å². The summed E-state index contributed by atoms with van der Waals surface area (Å²) in [5.74, 6) is -0.0560. The van der Waals surface area contributed by atoms with Crippen molar-refractivity contribution < 1.29 is 9.53 Å². The molecule has 2 aromatic rings. The molecule has 0 bridgehead atoms. The normalized spacial score (nSPS) is 14.3. The monoisotopic (exact) mass is 395 g/mol. The number of H-pyrrole nitrogens is 1. The smallest absolute Gasteiger partial charge is 0.253 e. The van der Waals surface area contributed by atoms with E-state index in [0.29, 0.717) is 29.1 Å². The number of thioether (sulfide) groups is 1. The standard InChI is InChI=1S/C16H18ClN5O3S/c17-10-1-2-12(22-3-5-25-6-4-22)11(7-10)19-15(24)9-26-16-20-13(18)8-14(23)21-16/h1-2,7-8H,3-6,9H2,(H,19,24)(H3,18,20,21,23). The number of morpholine rings is 1. The Morgan fingerprint density at radius 3 is 2.88 bits per heavy atom. The van der Waals surface area contributed by atoms with Gasteiger partial charge in [-0.3, -0.25) is 9.59 Å². The lowest BCUT2D eigenvalue weighted by Gasteiger charge is -2.30. The molecule has 0 spiro atoms. The molecule has 1 aliphatic rings. The van der Waals surface area contributed by atoms with Gasteiger partial charge in [-0.05, 0) is 18.2 Å². The summed E-state index contributed by atoms with van der Waals surface area (Å²) in [6, 6.07) is 6.58. The Morgan fingerprint density at radius 1 is 1.38 bits per heavy atom. The van der Waals surface area contributed by atoms with Crippen LogP contribution in [0, 0.1) is 0 Å².